The summed E-state index contributed by atoms with van der Waals surface area (Å²) in [4.78, 5) is 19.4. The van der Waals surface area contributed by atoms with Crippen LogP contribution in [0.15, 0.2) is 12.1 Å². The van der Waals surface area contributed by atoms with E-state index in [0.29, 0.717) is 0 Å². The molecule has 1 aliphatic rings. The van der Waals surface area contributed by atoms with Crippen LogP contribution in [0.3, 0.4) is 0 Å². The van der Waals surface area contributed by atoms with Gasteiger partial charge in [0.25, 0.3) is 0 Å². The Hall–Kier alpha value is 1.46. The van der Waals surface area contributed by atoms with E-state index in [4.69, 9.17) is 0 Å². The van der Waals surface area contributed by atoms with Gasteiger partial charge in [-0.2, -0.15) is 0 Å². The fourth-order valence-corrected chi connectivity index (χ4v) is 42.6. The summed E-state index contributed by atoms with van der Waals surface area (Å²) < 4.78 is 14.6. The van der Waals surface area contributed by atoms with Crippen molar-refractivity contribution in [3.63, 3.8) is 0 Å². The molecule has 53 heavy (non-hydrogen) atoms. The van der Waals surface area contributed by atoms with Gasteiger partial charge < -0.3 is 0 Å². The Morgan fingerprint density at radius 3 is 0.962 bits per heavy atom. The molecule has 0 saturated heterocycles. The summed E-state index contributed by atoms with van der Waals surface area (Å²) in [5, 5.41) is 3.12. The van der Waals surface area contributed by atoms with Gasteiger partial charge in [0.05, 0.1) is 0 Å². The fourth-order valence-electron chi connectivity index (χ4n) is 8.99. The predicted molar refractivity (Wildman–Crippen MR) is 261 cm³/mol. The SMILES string of the molecule is CCCCCCCCCCCCC[CH2][Ge]1([CH2]CCCCCCCCCCCCC)[c]2c(sc3c[c]([Sn]([CH3])([CH3])[CH3])sc23)-c2sc3c[c]([Sn]([CH3])([CH3])[CH3])sc3[c]21. The van der Waals surface area contributed by atoms with E-state index >= 15 is 0 Å². The van der Waals surface area contributed by atoms with Crippen molar-refractivity contribution < 1.29 is 0 Å². The monoisotopic (exact) mass is 1070 g/mol. The zero-order valence-electron chi connectivity index (χ0n) is 35.7. The molecule has 1 aliphatic heterocycles. The second kappa shape index (κ2) is 22.2. The zero-order valence-corrected chi connectivity index (χ0v) is 46.7. The number of hydrogen-bond donors (Lipinski definition) is 0. The summed E-state index contributed by atoms with van der Waals surface area (Å²) in [6.45, 7) is 4.66. The Morgan fingerprint density at radius 2 is 0.679 bits per heavy atom. The summed E-state index contributed by atoms with van der Waals surface area (Å²) in [7, 11) is 0. The van der Waals surface area contributed by atoms with E-state index in [-0.39, 0.29) is 0 Å². The molecule has 0 saturated carbocycles. The number of hydrogen-bond acceptors (Lipinski definition) is 4. The van der Waals surface area contributed by atoms with Gasteiger partial charge in [0, 0.05) is 0 Å². The number of unbranched alkanes of at least 4 members (excludes halogenated alkanes) is 22. The standard InChI is InChI=1S/C40H60GeS4.6CH3.2Sn/c1-3-5-7-9-11-13-15-17-19-21-23-25-29-41(30-26-24-22-20-18-16-14-12-10-8-6-4-2)35-37-33(27-31-42-37)44-39(35)40-36(41)38-34(45-40)28-32-43-38;;;;;;;;/h27-28H,3-26,29-30H2,1-2H3;6*1H3;;. The molecular weight excluding hydrogens is 991 g/mol. The van der Waals surface area contributed by atoms with Crippen LogP contribution in [0.5, 0.6) is 0 Å². The van der Waals surface area contributed by atoms with Crippen LogP contribution in [0, 0.1) is 0 Å². The third-order valence-corrected chi connectivity index (χ3v) is 48.8. The summed E-state index contributed by atoms with van der Waals surface area (Å²) in [5.74, 6) is 0. The molecule has 7 heteroatoms. The number of rotatable bonds is 28. The van der Waals surface area contributed by atoms with Gasteiger partial charge in [-0.25, -0.2) is 0 Å². The van der Waals surface area contributed by atoms with Gasteiger partial charge in [0.2, 0.25) is 0 Å². The van der Waals surface area contributed by atoms with E-state index in [2.05, 4.69) is 101 Å². The third-order valence-electron chi connectivity index (χ3n) is 12.3. The van der Waals surface area contributed by atoms with Crippen LogP contribution >= 0.6 is 45.3 Å². The maximum absolute atomic E-state index is 2.71. The van der Waals surface area contributed by atoms with E-state index in [1.165, 1.54) is 154 Å². The quantitative estimate of drug-likeness (QED) is 0.0393. The van der Waals surface area contributed by atoms with Crippen LogP contribution in [-0.2, 0) is 0 Å². The Kier molecular flexibility index (Phi) is 19.1. The van der Waals surface area contributed by atoms with Crippen LogP contribution < -0.4 is 14.6 Å². The first-order valence-corrected chi connectivity index (χ1v) is 51.0. The minimum atomic E-state index is -2.64. The first-order chi connectivity index (χ1) is 25.5. The second-order valence-corrected chi connectivity index (χ2v) is 62.9. The molecule has 4 aromatic heterocycles. The third kappa shape index (κ3) is 12.3. The molecule has 0 radical (unpaired) electrons. The summed E-state index contributed by atoms with van der Waals surface area (Å²) in [6, 6.07) is 5.42. The summed E-state index contributed by atoms with van der Waals surface area (Å²) in [5.41, 5.74) is 0. The fraction of sp³-hybridized carbons (Fsp3) is 0.739. The molecule has 0 bridgehead atoms. The maximum atomic E-state index is 2.71. The normalized spacial score (nSPS) is 14.3. The van der Waals surface area contributed by atoms with Crippen molar-refractivity contribution in [1.82, 2.24) is 0 Å². The number of fused-ring (bicyclic) bond motifs is 7. The Morgan fingerprint density at radius 1 is 0.396 bits per heavy atom. The molecule has 0 atom stereocenters. The molecule has 0 spiro atoms. The van der Waals surface area contributed by atoms with Crippen molar-refractivity contribution in [2.24, 2.45) is 0 Å². The van der Waals surface area contributed by atoms with Crippen LogP contribution in [0.4, 0.5) is 0 Å². The molecule has 0 aliphatic carbocycles. The van der Waals surface area contributed by atoms with Crippen LogP contribution in [0.1, 0.15) is 168 Å². The van der Waals surface area contributed by atoms with E-state index in [9.17, 15) is 0 Å². The van der Waals surface area contributed by atoms with Crippen molar-refractivity contribution in [2.75, 3.05) is 0 Å². The molecule has 5 rings (SSSR count). The van der Waals surface area contributed by atoms with Crippen molar-refractivity contribution in [3.8, 4) is 9.75 Å². The molecule has 0 N–H and O–H groups in total. The Balaban J connectivity index is 1.32. The first kappa shape index (κ1) is 45.5. The topological polar surface area (TPSA) is 0 Å². The van der Waals surface area contributed by atoms with Gasteiger partial charge in [-0.05, 0) is 0 Å². The molecule has 0 nitrogen and oxygen atoms in total. The van der Waals surface area contributed by atoms with Crippen LogP contribution in [0.25, 0.3) is 28.6 Å². The summed E-state index contributed by atoms with van der Waals surface area (Å²) >= 11 is 2.13. The first-order valence-electron chi connectivity index (χ1n) is 22.7. The van der Waals surface area contributed by atoms with E-state index in [1.807, 2.05) is 14.6 Å². The van der Waals surface area contributed by atoms with Gasteiger partial charge in [0.1, 0.15) is 0 Å². The molecule has 298 valence electrons. The minimum absolute atomic E-state index is 1.36. The van der Waals surface area contributed by atoms with Gasteiger partial charge in [-0.15, -0.1) is 0 Å². The Labute approximate surface area is 354 Å². The second-order valence-electron chi connectivity index (χ2n) is 19.1. The van der Waals surface area contributed by atoms with Gasteiger partial charge >= 0.3 is 332 Å². The molecule has 0 aromatic carbocycles. The number of thiophene rings is 4. The summed E-state index contributed by atoms with van der Waals surface area (Å²) in [6.07, 6.45) is 35.0. The average molecular weight is 1070 g/mol. The van der Waals surface area contributed by atoms with Crippen molar-refractivity contribution in [2.45, 2.75) is 208 Å². The van der Waals surface area contributed by atoms with Gasteiger partial charge in [-0.1, -0.05) is 26.7 Å². The molecule has 4 aromatic rings. The van der Waals surface area contributed by atoms with Crippen LogP contribution in [-0.4, -0.2) is 50.0 Å². The predicted octanol–water partition coefficient (Wildman–Crippen LogP) is 16.3. The molecular formula is C46H78GeS4Sn2. The van der Waals surface area contributed by atoms with E-state index in [0.717, 1.165) is 0 Å². The molecule has 0 amide bonds. The van der Waals surface area contributed by atoms with Gasteiger partial charge in [0.15, 0.2) is 0 Å². The van der Waals surface area contributed by atoms with Crippen molar-refractivity contribution >= 4 is 129 Å². The van der Waals surface area contributed by atoms with E-state index in [1.54, 1.807) is 39.1 Å². The van der Waals surface area contributed by atoms with Crippen molar-refractivity contribution in [3.05, 3.63) is 12.1 Å². The molecule has 5 heterocycles. The van der Waals surface area contributed by atoms with Crippen molar-refractivity contribution in [1.29, 1.82) is 0 Å². The average Bonchev–Trinajstić information content (AvgIpc) is 3.90. The zero-order chi connectivity index (χ0) is 37.9. The van der Waals surface area contributed by atoms with Crippen LogP contribution in [0.2, 0.25) is 40.1 Å². The molecule has 0 fully saturated rings. The van der Waals surface area contributed by atoms with Gasteiger partial charge in [-0.3, -0.25) is 0 Å². The molecule has 0 unspecified atom stereocenters. The Bertz CT molecular complexity index is 1540. The van der Waals surface area contributed by atoms with E-state index < -0.39 is 50.0 Å².